The predicted molar refractivity (Wildman–Crippen MR) is 116 cm³/mol. The number of aromatic amines is 1. The third-order valence-electron chi connectivity index (χ3n) is 5.73. The molecular formula is C23H24N2O4S. The first-order valence-corrected chi connectivity index (χ1v) is 11.9. The van der Waals surface area contributed by atoms with Gasteiger partial charge in [0.2, 0.25) is 0 Å². The highest BCUT2D eigenvalue weighted by Crippen LogP contribution is 2.43. The summed E-state index contributed by atoms with van der Waals surface area (Å²) in [7, 11) is -3.16. The number of para-hydroxylation sites is 1. The Hall–Kier alpha value is -2.98. The molecule has 4 rings (SSSR count). The van der Waals surface area contributed by atoms with Crippen molar-refractivity contribution < 1.29 is 17.9 Å². The SMILES string of the molecule is CC(CCC#N)(c1ccc2c(c1)OCCO2)c1c[nH]c2c(CS(C)(=O)=O)cccc12. The van der Waals surface area contributed by atoms with Gasteiger partial charge in [0, 0.05) is 35.2 Å². The molecule has 156 valence electrons. The first-order valence-electron chi connectivity index (χ1n) is 9.86. The van der Waals surface area contributed by atoms with Gasteiger partial charge in [-0.05, 0) is 35.2 Å². The molecular weight excluding hydrogens is 400 g/mol. The van der Waals surface area contributed by atoms with Crippen molar-refractivity contribution in [1.82, 2.24) is 4.98 Å². The van der Waals surface area contributed by atoms with Crippen LogP contribution < -0.4 is 9.47 Å². The number of rotatable bonds is 6. The quantitative estimate of drug-likeness (QED) is 0.643. The smallest absolute Gasteiger partial charge is 0.161 e. The number of ether oxygens (including phenoxy) is 2. The van der Waals surface area contributed by atoms with Gasteiger partial charge in [0.15, 0.2) is 21.3 Å². The van der Waals surface area contributed by atoms with E-state index < -0.39 is 15.3 Å². The molecule has 30 heavy (non-hydrogen) atoms. The maximum atomic E-state index is 11.9. The van der Waals surface area contributed by atoms with Gasteiger partial charge in [-0.25, -0.2) is 8.42 Å². The maximum absolute atomic E-state index is 11.9. The first kappa shape index (κ1) is 20.3. The van der Waals surface area contributed by atoms with Crippen LogP contribution in [0.5, 0.6) is 11.5 Å². The lowest BCUT2D eigenvalue weighted by molar-refractivity contribution is 0.171. The number of hydrogen-bond donors (Lipinski definition) is 1. The summed E-state index contributed by atoms with van der Waals surface area (Å²) in [6, 6.07) is 13.9. The minimum absolute atomic E-state index is 0.0246. The van der Waals surface area contributed by atoms with Crippen LogP contribution in [-0.4, -0.2) is 32.9 Å². The Labute approximate surface area is 176 Å². The van der Waals surface area contributed by atoms with Crippen LogP contribution >= 0.6 is 0 Å². The molecule has 0 saturated heterocycles. The van der Waals surface area contributed by atoms with Gasteiger partial charge in [0.25, 0.3) is 0 Å². The number of benzene rings is 2. The average Bonchev–Trinajstić information content (AvgIpc) is 3.16. The fourth-order valence-electron chi connectivity index (χ4n) is 4.20. The summed E-state index contributed by atoms with van der Waals surface area (Å²) in [4.78, 5) is 3.29. The predicted octanol–water partition coefficient (Wildman–Crippen LogP) is 4.09. The van der Waals surface area contributed by atoms with Crippen LogP contribution in [0.4, 0.5) is 0 Å². The number of H-pyrrole nitrogens is 1. The van der Waals surface area contributed by atoms with E-state index in [9.17, 15) is 13.7 Å². The fraction of sp³-hybridized carbons (Fsp3) is 0.348. The van der Waals surface area contributed by atoms with Gasteiger partial charge in [0.1, 0.15) is 13.2 Å². The molecule has 0 radical (unpaired) electrons. The molecule has 6 nitrogen and oxygen atoms in total. The zero-order valence-electron chi connectivity index (χ0n) is 17.1. The lowest BCUT2D eigenvalue weighted by atomic mass is 9.73. The molecule has 1 aromatic heterocycles. The van der Waals surface area contributed by atoms with Gasteiger partial charge < -0.3 is 14.5 Å². The Bertz CT molecular complexity index is 1240. The topological polar surface area (TPSA) is 92.2 Å². The molecule has 0 amide bonds. The van der Waals surface area contributed by atoms with E-state index in [-0.39, 0.29) is 5.75 Å². The second kappa shape index (κ2) is 7.69. The Morgan fingerprint density at radius 2 is 1.93 bits per heavy atom. The number of sulfone groups is 1. The highest BCUT2D eigenvalue weighted by atomic mass is 32.2. The first-order chi connectivity index (χ1) is 14.3. The molecule has 1 unspecified atom stereocenters. The van der Waals surface area contributed by atoms with Crippen LogP contribution in [0, 0.1) is 11.3 Å². The van der Waals surface area contributed by atoms with Crippen LogP contribution in [0.3, 0.4) is 0 Å². The molecule has 3 aromatic rings. The molecule has 0 fully saturated rings. The minimum atomic E-state index is -3.16. The Balaban J connectivity index is 1.86. The number of hydrogen-bond acceptors (Lipinski definition) is 5. The summed E-state index contributed by atoms with van der Waals surface area (Å²) in [5.74, 6) is 1.41. The van der Waals surface area contributed by atoms with Crippen molar-refractivity contribution in [3.8, 4) is 17.6 Å². The Kier molecular flexibility index (Phi) is 5.20. The summed E-state index contributed by atoms with van der Waals surface area (Å²) in [5, 5.41) is 10.2. The zero-order valence-corrected chi connectivity index (χ0v) is 17.9. The highest BCUT2D eigenvalue weighted by Gasteiger charge is 2.33. The number of nitrogens with zero attached hydrogens (tertiary/aromatic N) is 1. The maximum Gasteiger partial charge on any atom is 0.161 e. The van der Waals surface area contributed by atoms with Crippen molar-refractivity contribution in [3.05, 3.63) is 59.3 Å². The summed E-state index contributed by atoms with van der Waals surface area (Å²) >= 11 is 0. The zero-order chi connectivity index (χ0) is 21.4. The highest BCUT2D eigenvalue weighted by molar-refractivity contribution is 7.89. The Morgan fingerprint density at radius 3 is 2.67 bits per heavy atom. The van der Waals surface area contributed by atoms with Crippen LogP contribution in [-0.2, 0) is 21.0 Å². The Morgan fingerprint density at radius 1 is 1.17 bits per heavy atom. The van der Waals surface area contributed by atoms with Crippen molar-refractivity contribution in [2.45, 2.75) is 30.9 Å². The van der Waals surface area contributed by atoms with Crippen LogP contribution in [0.2, 0.25) is 0 Å². The van der Waals surface area contributed by atoms with Gasteiger partial charge >= 0.3 is 0 Å². The number of nitriles is 1. The normalized spacial score (nSPS) is 15.5. The third kappa shape index (κ3) is 3.75. The molecule has 1 atom stereocenters. The van der Waals surface area contributed by atoms with E-state index in [4.69, 9.17) is 9.47 Å². The van der Waals surface area contributed by atoms with Gasteiger partial charge in [-0.15, -0.1) is 0 Å². The van der Waals surface area contributed by atoms with E-state index in [1.165, 1.54) is 6.26 Å². The van der Waals surface area contributed by atoms with Gasteiger partial charge in [-0.3, -0.25) is 0 Å². The molecule has 0 spiro atoms. The van der Waals surface area contributed by atoms with Crippen molar-refractivity contribution in [2.24, 2.45) is 0 Å². The summed E-state index contributed by atoms with van der Waals surface area (Å²) in [5.41, 5.74) is 3.15. The van der Waals surface area contributed by atoms with Gasteiger partial charge in [0.05, 0.1) is 11.8 Å². The summed E-state index contributed by atoms with van der Waals surface area (Å²) in [6.07, 6.45) is 4.18. The van der Waals surface area contributed by atoms with Crippen LogP contribution in [0.15, 0.2) is 42.6 Å². The van der Waals surface area contributed by atoms with Crippen molar-refractivity contribution in [1.29, 1.82) is 5.26 Å². The standard InChI is InChI=1S/C23H24N2O4S/c1-23(9-4-10-24,17-7-8-20-21(13-17)29-12-11-28-20)19-14-25-22-16(15-30(2,26)27)5-3-6-18(19)22/h3,5-8,13-14,25H,4,9,11-12,15H2,1-2H3. The molecule has 1 aliphatic rings. The average molecular weight is 425 g/mol. The van der Waals surface area contributed by atoms with Gasteiger partial charge in [-0.1, -0.05) is 31.2 Å². The fourth-order valence-corrected chi connectivity index (χ4v) is 5.01. The van der Waals surface area contributed by atoms with Crippen molar-refractivity contribution in [3.63, 3.8) is 0 Å². The second-order valence-corrected chi connectivity index (χ2v) is 10.1. The van der Waals surface area contributed by atoms with E-state index in [0.29, 0.717) is 31.8 Å². The van der Waals surface area contributed by atoms with Gasteiger partial charge in [-0.2, -0.15) is 5.26 Å². The molecule has 1 N–H and O–H groups in total. The molecule has 0 bridgehead atoms. The molecule has 0 aliphatic carbocycles. The number of aromatic nitrogens is 1. The molecule has 2 heterocycles. The van der Waals surface area contributed by atoms with E-state index in [0.717, 1.165) is 33.3 Å². The monoisotopic (exact) mass is 424 g/mol. The number of fused-ring (bicyclic) bond motifs is 2. The lowest BCUT2D eigenvalue weighted by Gasteiger charge is -2.31. The minimum Gasteiger partial charge on any atom is -0.486 e. The van der Waals surface area contributed by atoms with Crippen LogP contribution in [0.1, 0.15) is 36.5 Å². The lowest BCUT2D eigenvalue weighted by Crippen LogP contribution is -2.24. The van der Waals surface area contributed by atoms with E-state index in [2.05, 4.69) is 18.0 Å². The van der Waals surface area contributed by atoms with E-state index in [1.807, 2.05) is 42.6 Å². The molecule has 1 aliphatic heterocycles. The largest absolute Gasteiger partial charge is 0.486 e. The number of nitrogens with one attached hydrogen (secondary N) is 1. The molecule has 2 aromatic carbocycles. The summed E-state index contributed by atoms with van der Waals surface area (Å²) in [6.45, 7) is 3.15. The molecule has 0 saturated carbocycles. The molecule has 7 heteroatoms. The van der Waals surface area contributed by atoms with Crippen LogP contribution in [0.25, 0.3) is 10.9 Å². The van der Waals surface area contributed by atoms with E-state index >= 15 is 0 Å². The third-order valence-corrected chi connectivity index (χ3v) is 6.57. The van der Waals surface area contributed by atoms with Crippen molar-refractivity contribution >= 4 is 20.7 Å². The van der Waals surface area contributed by atoms with Crippen molar-refractivity contribution in [2.75, 3.05) is 19.5 Å². The van der Waals surface area contributed by atoms with E-state index in [1.54, 1.807) is 0 Å². The second-order valence-electron chi connectivity index (χ2n) is 7.96. The summed E-state index contributed by atoms with van der Waals surface area (Å²) < 4.78 is 35.2.